The van der Waals surface area contributed by atoms with Crippen LogP contribution >= 0.6 is 0 Å². The predicted molar refractivity (Wildman–Crippen MR) is 139 cm³/mol. The summed E-state index contributed by atoms with van der Waals surface area (Å²) in [4.78, 5) is 20.8. The van der Waals surface area contributed by atoms with E-state index in [9.17, 15) is 15.0 Å². The van der Waals surface area contributed by atoms with Gasteiger partial charge in [0.1, 0.15) is 11.5 Å². The van der Waals surface area contributed by atoms with E-state index in [-0.39, 0.29) is 30.1 Å². The van der Waals surface area contributed by atoms with Crippen molar-refractivity contribution in [1.82, 2.24) is 15.3 Å². The summed E-state index contributed by atoms with van der Waals surface area (Å²) >= 11 is 0. The number of carbonyl (C=O) groups excluding carboxylic acids is 1. The highest BCUT2D eigenvalue weighted by Crippen LogP contribution is 2.23. The minimum atomic E-state index is -0.494. The van der Waals surface area contributed by atoms with Gasteiger partial charge in [-0.1, -0.05) is 24.1 Å². The highest BCUT2D eigenvalue weighted by atomic mass is 16.5. The van der Waals surface area contributed by atoms with Crippen molar-refractivity contribution >= 4 is 16.8 Å². The number of fused-ring (bicyclic) bond motifs is 1. The molecule has 0 saturated heterocycles. The summed E-state index contributed by atoms with van der Waals surface area (Å²) in [6, 6.07) is 15.8. The lowest BCUT2D eigenvalue weighted by Gasteiger charge is -2.19. The maximum absolute atomic E-state index is 13.3. The van der Waals surface area contributed by atoms with Crippen molar-refractivity contribution in [3.05, 3.63) is 88.9 Å². The van der Waals surface area contributed by atoms with Gasteiger partial charge >= 0.3 is 0 Å². The summed E-state index contributed by atoms with van der Waals surface area (Å²) in [5, 5.41) is 24.0. The molecule has 0 bridgehead atoms. The average Bonchev–Trinajstić information content (AvgIpc) is 3.27. The first-order chi connectivity index (χ1) is 17.3. The Balaban J connectivity index is 1.59. The highest BCUT2D eigenvalue weighted by molar-refractivity contribution is 5.97. The van der Waals surface area contributed by atoms with Gasteiger partial charge in [0.2, 0.25) is 0 Å². The molecule has 2 heterocycles. The number of carbonyl (C=O) groups is 1. The topological polar surface area (TPSA) is 107 Å². The number of aromatic hydroxyl groups is 1. The number of aromatic amines is 1. The quantitative estimate of drug-likeness (QED) is 0.296. The van der Waals surface area contributed by atoms with Crippen LogP contribution in [0.5, 0.6) is 11.5 Å². The van der Waals surface area contributed by atoms with Gasteiger partial charge in [0.15, 0.2) is 5.69 Å². The largest absolute Gasteiger partial charge is 0.505 e. The van der Waals surface area contributed by atoms with E-state index in [0.717, 1.165) is 22.2 Å². The number of nitrogens with zero attached hydrogens (tertiary/aromatic N) is 1. The summed E-state index contributed by atoms with van der Waals surface area (Å²) in [7, 11) is 0. The van der Waals surface area contributed by atoms with Crippen molar-refractivity contribution < 1.29 is 19.7 Å². The van der Waals surface area contributed by atoms with Crippen LogP contribution in [0.15, 0.2) is 60.8 Å². The maximum atomic E-state index is 13.3. The molecule has 0 aliphatic carbocycles. The Morgan fingerprint density at radius 3 is 2.72 bits per heavy atom. The zero-order valence-corrected chi connectivity index (χ0v) is 20.5. The molecule has 0 aliphatic heterocycles. The zero-order chi connectivity index (χ0) is 25.7. The molecule has 184 valence electrons. The Hall–Kier alpha value is -4.28. The number of aliphatic hydroxyl groups is 1. The van der Waals surface area contributed by atoms with Crippen LogP contribution in [0.1, 0.15) is 46.7 Å². The van der Waals surface area contributed by atoms with Crippen LogP contribution in [-0.4, -0.2) is 44.8 Å². The molecule has 2 aromatic heterocycles. The van der Waals surface area contributed by atoms with Gasteiger partial charge in [-0.15, -0.1) is 0 Å². The normalized spacial score (nSPS) is 11.7. The number of amides is 1. The van der Waals surface area contributed by atoms with Crippen molar-refractivity contribution in [2.75, 3.05) is 6.61 Å². The maximum Gasteiger partial charge on any atom is 0.255 e. The number of hydrogen-bond donors (Lipinski definition) is 4. The smallest absolute Gasteiger partial charge is 0.255 e. The molecular formula is C29H29N3O4. The lowest BCUT2D eigenvalue weighted by Crippen LogP contribution is -2.39. The van der Waals surface area contributed by atoms with Gasteiger partial charge in [0.05, 0.1) is 24.3 Å². The molecule has 0 spiro atoms. The number of nitrogens with one attached hydrogen (secondary N) is 2. The van der Waals surface area contributed by atoms with Gasteiger partial charge in [0, 0.05) is 28.4 Å². The lowest BCUT2D eigenvalue weighted by atomic mass is 10.0. The van der Waals surface area contributed by atoms with Crippen molar-refractivity contribution in [2.45, 2.75) is 39.3 Å². The molecule has 0 fully saturated rings. The van der Waals surface area contributed by atoms with E-state index in [1.807, 2.05) is 51.2 Å². The average molecular weight is 484 g/mol. The summed E-state index contributed by atoms with van der Waals surface area (Å²) in [6.45, 7) is 5.37. The van der Waals surface area contributed by atoms with Crippen LogP contribution in [0.4, 0.5) is 0 Å². The first kappa shape index (κ1) is 24.8. The first-order valence-electron chi connectivity index (χ1n) is 11.8. The molecule has 0 aliphatic rings. The molecule has 2 aromatic carbocycles. The van der Waals surface area contributed by atoms with Crippen molar-refractivity contribution in [1.29, 1.82) is 0 Å². The predicted octanol–water partition coefficient (Wildman–Crippen LogP) is 4.10. The van der Waals surface area contributed by atoms with Gasteiger partial charge in [-0.2, -0.15) is 0 Å². The van der Waals surface area contributed by atoms with Crippen molar-refractivity contribution in [3.8, 4) is 23.3 Å². The van der Waals surface area contributed by atoms with Crippen LogP contribution in [0.2, 0.25) is 0 Å². The fourth-order valence-corrected chi connectivity index (χ4v) is 3.90. The summed E-state index contributed by atoms with van der Waals surface area (Å²) in [5.41, 5.74) is 3.90. The van der Waals surface area contributed by atoms with Gasteiger partial charge in [-0.25, -0.2) is 4.98 Å². The zero-order valence-electron chi connectivity index (χ0n) is 20.5. The number of H-pyrrole nitrogens is 1. The Morgan fingerprint density at radius 1 is 1.14 bits per heavy atom. The van der Waals surface area contributed by atoms with E-state index in [0.29, 0.717) is 23.3 Å². The number of ether oxygens (including phenoxy) is 1. The summed E-state index contributed by atoms with van der Waals surface area (Å²) in [5.74, 6) is 5.88. The molecule has 4 N–H and O–H groups in total. The van der Waals surface area contributed by atoms with Crippen LogP contribution < -0.4 is 10.1 Å². The number of rotatable bonds is 7. The SMILES string of the molecule is Cc1ccc(O)c(C#Cc2ccc(OC(C)C)c(C(=O)N[C@@H](CO)Cc3c[nH]c4ccccc34)c2)n1. The van der Waals surface area contributed by atoms with Crippen molar-refractivity contribution in [2.24, 2.45) is 0 Å². The number of hydrogen-bond acceptors (Lipinski definition) is 5. The molecule has 7 nitrogen and oxygen atoms in total. The van der Waals surface area contributed by atoms with Gasteiger partial charge in [-0.05, 0) is 75.1 Å². The van der Waals surface area contributed by atoms with E-state index in [1.54, 1.807) is 30.3 Å². The molecule has 36 heavy (non-hydrogen) atoms. The summed E-state index contributed by atoms with van der Waals surface area (Å²) < 4.78 is 5.87. The first-order valence-corrected chi connectivity index (χ1v) is 11.8. The lowest BCUT2D eigenvalue weighted by molar-refractivity contribution is 0.0910. The van der Waals surface area contributed by atoms with Crippen LogP contribution in [0.3, 0.4) is 0 Å². The molecule has 4 aromatic rings. The van der Waals surface area contributed by atoms with E-state index >= 15 is 0 Å². The minimum absolute atomic E-state index is 0.00565. The van der Waals surface area contributed by atoms with Crippen LogP contribution in [-0.2, 0) is 6.42 Å². The number of aromatic nitrogens is 2. The van der Waals surface area contributed by atoms with Gasteiger partial charge in [-0.3, -0.25) is 4.79 Å². The fraction of sp³-hybridized carbons (Fsp3) is 0.241. The molecule has 7 heteroatoms. The number of para-hydroxylation sites is 1. The van der Waals surface area contributed by atoms with Gasteiger partial charge < -0.3 is 25.3 Å². The monoisotopic (exact) mass is 483 g/mol. The molecule has 4 rings (SSSR count). The summed E-state index contributed by atoms with van der Waals surface area (Å²) in [6.07, 6.45) is 2.23. The Bertz CT molecular complexity index is 1450. The number of aryl methyl sites for hydroxylation is 1. The number of pyridine rings is 1. The molecule has 0 unspecified atom stereocenters. The Labute approximate surface area is 210 Å². The Morgan fingerprint density at radius 2 is 1.94 bits per heavy atom. The van der Waals surface area contributed by atoms with E-state index in [2.05, 4.69) is 27.1 Å². The second kappa shape index (κ2) is 11.0. The Kier molecular flexibility index (Phi) is 7.57. The third-order valence-corrected chi connectivity index (χ3v) is 5.62. The fourth-order valence-electron chi connectivity index (χ4n) is 3.90. The third-order valence-electron chi connectivity index (χ3n) is 5.62. The minimum Gasteiger partial charge on any atom is -0.505 e. The molecular weight excluding hydrogens is 454 g/mol. The van der Waals surface area contributed by atoms with E-state index in [4.69, 9.17) is 4.74 Å². The molecule has 1 amide bonds. The number of aliphatic hydroxyl groups excluding tert-OH is 1. The second-order valence-corrected chi connectivity index (χ2v) is 8.86. The van der Waals surface area contributed by atoms with Crippen LogP contribution in [0, 0.1) is 18.8 Å². The molecule has 0 radical (unpaired) electrons. The van der Waals surface area contributed by atoms with E-state index in [1.165, 1.54) is 0 Å². The van der Waals surface area contributed by atoms with Gasteiger partial charge in [0.25, 0.3) is 5.91 Å². The van der Waals surface area contributed by atoms with Crippen molar-refractivity contribution in [3.63, 3.8) is 0 Å². The van der Waals surface area contributed by atoms with E-state index < -0.39 is 6.04 Å². The second-order valence-electron chi connectivity index (χ2n) is 8.86. The molecule has 1 atom stereocenters. The number of benzene rings is 2. The molecule has 0 saturated carbocycles. The van der Waals surface area contributed by atoms with Crippen LogP contribution in [0.25, 0.3) is 10.9 Å². The standard InChI is InChI=1S/C29H29N3O4/c1-18(2)36-28-13-10-20(9-11-26-27(34)12-8-19(3)31-26)14-24(28)29(35)32-22(17-33)15-21-16-30-25-7-5-4-6-23(21)25/h4-8,10,12-14,16,18,22,30,33-34H,15,17H2,1-3H3,(H,32,35)/t22-/m1/s1. The highest BCUT2D eigenvalue weighted by Gasteiger charge is 2.19. The third kappa shape index (κ3) is 5.85.